The number of furan rings is 1. The molecule has 1 aromatic heterocycles. The van der Waals surface area contributed by atoms with Gasteiger partial charge in [-0.1, -0.05) is 38.5 Å². The molecule has 4 amide bonds. The van der Waals surface area contributed by atoms with Crippen LogP contribution >= 0.6 is 0 Å². The molecule has 2 bridgehead atoms. The predicted octanol–water partition coefficient (Wildman–Crippen LogP) is 8.59. The zero-order valence-electron chi connectivity index (χ0n) is 28.7. The second kappa shape index (κ2) is 15.5. The van der Waals surface area contributed by atoms with E-state index in [2.05, 4.69) is 21.3 Å². The monoisotopic (exact) mass is 668 g/mol. The SMILES string of the molecule is CNC(=O)c1c(-c2ccc(F)cc2)oc2cc3c(cc12)-c1cc(cc(C(=O)NC(C)(C)C)c1)NC(=O)CCCCCCCCCCC(=O)N3. The number of rotatable bonds is 3. The van der Waals surface area contributed by atoms with Crippen molar-refractivity contribution in [2.24, 2.45) is 0 Å². The quantitative estimate of drug-likeness (QED) is 0.174. The number of carbonyl (C=O) groups excluding carboxylic acids is 4. The van der Waals surface area contributed by atoms with Gasteiger partial charge in [-0.15, -0.1) is 0 Å². The van der Waals surface area contributed by atoms with Crippen molar-refractivity contribution in [3.05, 3.63) is 71.5 Å². The third-order valence-corrected chi connectivity index (χ3v) is 8.50. The fourth-order valence-electron chi connectivity index (χ4n) is 6.11. The summed E-state index contributed by atoms with van der Waals surface area (Å²) in [7, 11) is 1.51. The molecule has 0 spiro atoms. The number of carbonyl (C=O) groups is 4. The molecule has 9 nitrogen and oxygen atoms in total. The van der Waals surface area contributed by atoms with Crippen molar-refractivity contribution in [2.45, 2.75) is 90.5 Å². The summed E-state index contributed by atoms with van der Waals surface area (Å²) in [5.41, 5.74) is 2.80. The first-order chi connectivity index (χ1) is 23.4. The van der Waals surface area contributed by atoms with Gasteiger partial charge in [0.15, 0.2) is 0 Å². The van der Waals surface area contributed by atoms with Crippen LogP contribution in [0.5, 0.6) is 0 Å². The van der Waals surface area contributed by atoms with E-state index < -0.39 is 17.3 Å². The fourth-order valence-corrected chi connectivity index (χ4v) is 6.11. The van der Waals surface area contributed by atoms with Gasteiger partial charge < -0.3 is 25.7 Å². The average Bonchev–Trinajstić information content (AvgIpc) is 3.42. The summed E-state index contributed by atoms with van der Waals surface area (Å²) in [6, 6.07) is 14.2. The van der Waals surface area contributed by atoms with Crippen molar-refractivity contribution < 1.29 is 28.0 Å². The molecule has 4 N–H and O–H groups in total. The van der Waals surface area contributed by atoms with Crippen LogP contribution in [-0.2, 0) is 9.59 Å². The first kappa shape index (κ1) is 35.3. The van der Waals surface area contributed by atoms with Gasteiger partial charge in [0.25, 0.3) is 11.8 Å². The van der Waals surface area contributed by atoms with Crippen LogP contribution in [-0.4, -0.2) is 36.2 Å². The molecular formula is C39H45FN4O5. The molecule has 0 saturated heterocycles. The molecule has 49 heavy (non-hydrogen) atoms. The van der Waals surface area contributed by atoms with E-state index >= 15 is 0 Å². The maximum atomic E-state index is 13.8. The van der Waals surface area contributed by atoms with Crippen molar-refractivity contribution >= 4 is 46.0 Å². The summed E-state index contributed by atoms with van der Waals surface area (Å²) in [5.74, 6) is -1.25. The lowest BCUT2D eigenvalue weighted by Gasteiger charge is -2.21. The topological polar surface area (TPSA) is 130 Å². The minimum atomic E-state index is -0.520. The van der Waals surface area contributed by atoms with E-state index in [0.717, 1.165) is 51.4 Å². The number of nitrogens with one attached hydrogen (secondary N) is 4. The van der Waals surface area contributed by atoms with Crippen LogP contribution in [0.25, 0.3) is 33.4 Å². The summed E-state index contributed by atoms with van der Waals surface area (Å²) >= 11 is 0. The van der Waals surface area contributed by atoms with Crippen LogP contribution in [0.1, 0.15) is 106 Å². The summed E-state index contributed by atoms with van der Waals surface area (Å²) in [4.78, 5) is 53.3. The number of fused-ring (bicyclic) bond motifs is 5. The lowest BCUT2D eigenvalue weighted by atomic mass is 9.96. The molecule has 258 valence electrons. The largest absolute Gasteiger partial charge is 0.455 e. The first-order valence-electron chi connectivity index (χ1n) is 17.1. The Morgan fingerprint density at radius 3 is 1.98 bits per heavy atom. The third-order valence-electron chi connectivity index (χ3n) is 8.50. The molecule has 0 saturated carbocycles. The molecule has 1 aliphatic rings. The van der Waals surface area contributed by atoms with E-state index in [4.69, 9.17) is 4.42 Å². The van der Waals surface area contributed by atoms with E-state index in [9.17, 15) is 23.6 Å². The van der Waals surface area contributed by atoms with Crippen molar-refractivity contribution in [3.8, 4) is 22.5 Å². The van der Waals surface area contributed by atoms with Crippen molar-refractivity contribution in [3.63, 3.8) is 0 Å². The van der Waals surface area contributed by atoms with Crippen molar-refractivity contribution in [1.82, 2.24) is 10.6 Å². The number of benzene rings is 3. The molecule has 1 aliphatic heterocycles. The Balaban J connectivity index is 1.71. The van der Waals surface area contributed by atoms with E-state index in [1.54, 1.807) is 30.3 Å². The molecule has 10 heteroatoms. The number of hydrogen-bond donors (Lipinski definition) is 4. The van der Waals surface area contributed by atoms with Crippen LogP contribution in [0.4, 0.5) is 15.8 Å². The van der Waals surface area contributed by atoms with Gasteiger partial charge in [-0.25, -0.2) is 4.39 Å². The van der Waals surface area contributed by atoms with Gasteiger partial charge >= 0.3 is 0 Å². The van der Waals surface area contributed by atoms with Gasteiger partial charge in [-0.2, -0.15) is 0 Å². The lowest BCUT2D eigenvalue weighted by Crippen LogP contribution is -2.40. The van der Waals surface area contributed by atoms with Gasteiger partial charge in [0.2, 0.25) is 11.8 Å². The maximum absolute atomic E-state index is 13.8. The van der Waals surface area contributed by atoms with E-state index in [-0.39, 0.29) is 29.0 Å². The molecule has 3 aromatic carbocycles. The number of hydrogen-bond acceptors (Lipinski definition) is 5. The maximum Gasteiger partial charge on any atom is 0.255 e. The molecule has 0 fully saturated rings. The molecule has 0 aliphatic carbocycles. The zero-order valence-corrected chi connectivity index (χ0v) is 28.7. The Kier molecular flexibility index (Phi) is 11.2. The minimum Gasteiger partial charge on any atom is -0.455 e. The summed E-state index contributed by atoms with van der Waals surface area (Å²) in [5, 5.41) is 12.2. The molecule has 0 atom stereocenters. The van der Waals surface area contributed by atoms with Crippen molar-refractivity contribution in [2.75, 3.05) is 17.7 Å². The van der Waals surface area contributed by atoms with Gasteiger partial charge in [0.05, 0.1) is 11.3 Å². The molecule has 0 radical (unpaired) electrons. The van der Waals surface area contributed by atoms with Gasteiger partial charge in [0, 0.05) is 59.3 Å². The van der Waals surface area contributed by atoms with Crippen LogP contribution in [0.2, 0.25) is 0 Å². The highest BCUT2D eigenvalue weighted by molar-refractivity contribution is 6.13. The van der Waals surface area contributed by atoms with E-state index in [1.165, 1.54) is 31.3 Å². The number of amides is 4. The van der Waals surface area contributed by atoms with Crippen molar-refractivity contribution in [1.29, 1.82) is 0 Å². The molecular weight excluding hydrogens is 623 g/mol. The second-order valence-electron chi connectivity index (χ2n) is 13.7. The Morgan fingerprint density at radius 2 is 1.37 bits per heavy atom. The molecule has 5 rings (SSSR count). The van der Waals surface area contributed by atoms with Gasteiger partial charge in [0.1, 0.15) is 17.2 Å². The van der Waals surface area contributed by atoms with E-state index in [0.29, 0.717) is 57.4 Å². The van der Waals surface area contributed by atoms with E-state index in [1.807, 2.05) is 20.8 Å². The molecule has 0 unspecified atom stereocenters. The highest BCUT2D eigenvalue weighted by Gasteiger charge is 2.25. The Bertz CT molecular complexity index is 1860. The summed E-state index contributed by atoms with van der Waals surface area (Å²) in [6.45, 7) is 5.65. The third kappa shape index (κ3) is 9.13. The second-order valence-corrected chi connectivity index (χ2v) is 13.7. The highest BCUT2D eigenvalue weighted by Crippen LogP contribution is 2.41. The Hall–Kier alpha value is -4.99. The number of anilines is 2. The smallest absolute Gasteiger partial charge is 0.255 e. The predicted molar refractivity (Wildman–Crippen MR) is 191 cm³/mol. The lowest BCUT2D eigenvalue weighted by molar-refractivity contribution is -0.117. The normalized spacial score (nSPS) is 15.2. The van der Waals surface area contributed by atoms with Crippen LogP contribution in [0.15, 0.2) is 59.0 Å². The fraction of sp³-hybridized carbons (Fsp3) is 0.385. The Morgan fingerprint density at radius 1 is 0.755 bits per heavy atom. The number of halogens is 1. The van der Waals surface area contributed by atoms with Crippen LogP contribution in [0, 0.1) is 5.82 Å². The van der Waals surface area contributed by atoms with Gasteiger partial charge in [-0.05, 0) is 87.7 Å². The first-order valence-corrected chi connectivity index (χ1v) is 17.1. The highest BCUT2D eigenvalue weighted by atomic mass is 19.1. The van der Waals surface area contributed by atoms with Gasteiger partial charge in [-0.3, -0.25) is 19.2 Å². The van der Waals surface area contributed by atoms with Crippen LogP contribution < -0.4 is 21.3 Å². The zero-order chi connectivity index (χ0) is 35.1. The van der Waals surface area contributed by atoms with Crippen LogP contribution in [0.3, 0.4) is 0 Å². The minimum absolute atomic E-state index is 0.151. The average molecular weight is 669 g/mol. The molecule has 4 aromatic rings. The summed E-state index contributed by atoms with van der Waals surface area (Å²) < 4.78 is 20.1. The standard InChI is InChI=1S/C39H45FN4O5/c1-39(2,3)44-37(47)26-19-25-20-28(21-26)42-33(45)13-11-9-7-5-6-8-10-12-14-34(46)43-31-23-32-30(22-29(25)31)35(38(48)41-4)36(49-32)24-15-17-27(40)18-16-24/h15-23H,5-14H2,1-4H3,(H,41,48)(H,42,45)(H,43,46)(H,44,47). The summed E-state index contributed by atoms with van der Waals surface area (Å²) in [6.07, 6.45) is 8.35. The molecule has 2 heterocycles. The Labute approximate surface area is 286 Å².